The quantitative estimate of drug-likeness (QED) is 0.243. The molecule has 4 aromatic rings. The van der Waals surface area contributed by atoms with Gasteiger partial charge in [0.15, 0.2) is 0 Å². The Hall–Kier alpha value is -3.00. The van der Waals surface area contributed by atoms with Crippen LogP contribution in [0, 0.1) is 0 Å². The number of hydrogen-bond acceptors (Lipinski definition) is 5. The van der Waals surface area contributed by atoms with Gasteiger partial charge < -0.3 is 0 Å². The van der Waals surface area contributed by atoms with Crippen LogP contribution in [0.4, 0.5) is 0 Å². The predicted octanol–water partition coefficient (Wildman–Crippen LogP) is 6.56. The van der Waals surface area contributed by atoms with Gasteiger partial charge in [0.2, 0.25) is 0 Å². The number of para-hydroxylation sites is 1. The highest BCUT2D eigenvalue weighted by Crippen LogP contribution is 2.39. The number of benzene rings is 2. The summed E-state index contributed by atoms with van der Waals surface area (Å²) in [4.78, 5) is 16.7. The van der Waals surface area contributed by atoms with Gasteiger partial charge in [-0.05, 0) is 42.1 Å². The number of thiocarbonyl (C=S) groups is 1. The standard InChI is InChI=1S/C25H19N3OS3/c1-17(18-9-4-2-5-10-18)28-24(29)22(32-25(28)30)15-19-16-27(20-11-6-3-7-12-20)26-23(19)21-13-8-14-31-21/h2-17H,1H3/b22-15-/t17-/m1/s1. The Kier molecular flexibility index (Phi) is 5.78. The van der Waals surface area contributed by atoms with Gasteiger partial charge in [-0.2, -0.15) is 5.10 Å². The summed E-state index contributed by atoms with van der Waals surface area (Å²) in [5, 5.41) is 6.86. The largest absolute Gasteiger partial charge is 0.286 e. The summed E-state index contributed by atoms with van der Waals surface area (Å²) in [5.74, 6) is -0.0686. The summed E-state index contributed by atoms with van der Waals surface area (Å²) in [7, 11) is 0. The van der Waals surface area contributed by atoms with Gasteiger partial charge in [0.25, 0.3) is 5.91 Å². The van der Waals surface area contributed by atoms with Gasteiger partial charge >= 0.3 is 0 Å². The van der Waals surface area contributed by atoms with Crippen LogP contribution < -0.4 is 0 Å². The van der Waals surface area contributed by atoms with Gasteiger partial charge in [-0.25, -0.2) is 4.68 Å². The maximum atomic E-state index is 13.3. The number of rotatable bonds is 5. The third-order valence-corrected chi connectivity index (χ3v) is 7.50. The minimum atomic E-state index is -0.126. The van der Waals surface area contributed by atoms with Gasteiger partial charge in [-0.15, -0.1) is 11.3 Å². The van der Waals surface area contributed by atoms with E-state index in [1.165, 1.54) is 11.8 Å². The van der Waals surface area contributed by atoms with Crippen LogP contribution in [0.5, 0.6) is 0 Å². The minimum absolute atomic E-state index is 0.0686. The predicted molar refractivity (Wildman–Crippen MR) is 137 cm³/mol. The Balaban J connectivity index is 1.53. The number of thiophene rings is 1. The van der Waals surface area contributed by atoms with Gasteiger partial charge in [0.05, 0.1) is 21.5 Å². The van der Waals surface area contributed by atoms with Crippen LogP contribution in [0.3, 0.4) is 0 Å². The third-order valence-electron chi connectivity index (χ3n) is 5.30. The van der Waals surface area contributed by atoms with Crippen molar-refractivity contribution in [2.24, 2.45) is 0 Å². The fourth-order valence-corrected chi connectivity index (χ4v) is 5.79. The molecule has 5 rings (SSSR count). The molecule has 0 spiro atoms. The molecule has 2 aromatic carbocycles. The smallest absolute Gasteiger partial charge is 0.266 e. The molecule has 0 saturated carbocycles. The molecule has 1 atom stereocenters. The minimum Gasteiger partial charge on any atom is -0.286 e. The van der Waals surface area contributed by atoms with Gasteiger partial charge in [0, 0.05) is 11.8 Å². The Morgan fingerprint density at radius 2 is 1.72 bits per heavy atom. The number of carbonyl (C=O) groups excluding carboxylic acids is 1. The van der Waals surface area contributed by atoms with E-state index in [-0.39, 0.29) is 11.9 Å². The first-order chi connectivity index (χ1) is 15.6. The van der Waals surface area contributed by atoms with E-state index in [2.05, 4.69) is 0 Å². The second kappa shape index (κ2) is 8.86. The average molecular weight is 474 g/mol. The molecule has 32 heavy (non-hydrogen) atoms. The molecule has 0 bridgehead atoms. The molecule has 1 aliphatic heterocycles. The van der Waals surface area contributed by atoms with Crippen LogP contribution in [0.25, 0.3) is 22.3 Å². The van der Waals surface area contributed by atoms with Crippen molar-refractivity contribution in [1.82, 2.24) is 14.7 Å². The number of thioether (sulfide) groups is 1. The lowest BCUT2D eigenvalue weighted by atomic mass is 10.1. The van der Waals surface area contributed by atoms with E-state index >= 15 is 0 Å². The van der Waals surface area contributed by atoms with E-state index in [9.17, 15) is 4.79 Å². The summed E-state index contributed by atoms with van der Waals surface area (Å²) in [6, 6.07) is 23.9. The van der Waals surface area contributed by atoms with Gasteiger partial charge in [-0.1, -0.05) is 78.6 Å². The van der Waals surface area contributed by atoms with Crippen molar-refractivity contribution in [1.29, 1.82) is 0 Å². The van der Waals surface area contributed by atoms with Crippen molar-refractivity contribution in [2.45, 2.75) is 13.0 Å². The highest BCUT2D eigenvalue weighted by atomic mass is 32.2. The molecule has 158 valence electrons. The van der Waals surface area contributed by atoms with Crippen molar-refractivity contribution in [2.75, 3.05) is 0 Å². The molecule has 0 unspecified atom stereocenters. The molecule has 1 aliphatic rings. The maximum absolute atomic E-state index is 13.3. The lowest BCUT2D eigenvalue weighted by molar-refractivity contribution is -0.123. The average Bonchev–Trinajstić information content (AvgIpc) is 3.55. The number of hydrogen-bond donors (Lipinski definition) is 0. The van der Waals surface area contributed by atoms with E-state index in [0.29, 0.717) is 9.23 Å². The SMILES string of the molecule is C[C@H](c1ccccc1)N1C(=O)/C(=C/c2cn(-c3ccccc3)nc2-c2cccs2)SC1=S. The summed E-state index contributed by atoms with van der Waals surface area (Å²) in [6.07, 6.45) is 3.88. The zero-order chi connectivity index (χ0) is 22.1. The van der Waals surface area contributed by atoms with Crippen LogP contribution in [0.1, 0.15) is 24.1 Å². The number of aromatic nitrogens is 2. The molecule has 1 amide bonds. The highest BCUT2D eigenvalue weighted by Gasteiger charge is 2.36. The van der Waals surface area contributed by atoms with E-state index in [1.54, 1.807) is 16.2 Å². The molecule has 3 heterocycles. The first-order valence-electron chi connectivity index (χ1n) is 10.1. The van der Waals surface area contributed by atoms with Gasteiger partial charge in [-0.3, -0.25) is 9.69 Å². The van der Waals surface area contributed by atoms with E-state index in [0.717, 1.165) is 27.4 Å². The molecule has 0 N–H and O–H groups in total. The van der Waals surface area contributed by atoms with Crippen LogP contribution in [0.15, 0.2) is 89.3 Å². The van der Waals surface area contributed by atoms with Crippen molar-refractivity contribution < 1.29 is 4.79 Å². The molecule has 4 nitrogen and oxygen atoms in total. The van der Waals surface area contributed by atoms with Crippen molar-refractivity contribution >= 4 is 51.6 Å². The maximum Gasteiger partial charge on any atom is 0.266 e. The summed E-state index contributed by atoms with van der Waals surface area (Å²) in [6.45, 7) is 2.01. The second-order valence-electron chi connectivity index (χ2n) is 7.33. The zero-order valence-electron chi connectivity index (χ0n) is 17.2. The molecule has 0 aliphatic carbocycles. The lowest BCUT2D eigenvalue weighted by Gasteiger charge is -2.23. The topological polar surface area (TPSA) is 38.1 Å². The van der Waals surface area contributed by atoms with E-state index in [1.807, 2.05) is 102 Å². The number of nitrogens with zero attached hydrogens (tertiary/aromatic N) is 3. The van der Waals surface area contributed by atoms with Crippen molar-refractivity contribution in [3.8, 4) is 16.3 Å². The zero-order valence-corrected chi connectivity index (χ0v) is 19.7. The lowest BCUT2D eigenvalue weighted by Crippen LogP contribution is -2.30. The molecule has 1 fully saturated rings. The molecule has 7 heteroatoms. The first-order valence-corrected chi connectivity index (χ1v) is 12.2. The highest BCUT2D eigenvalue weighted by molar-refractivity contribution is 8.26. The Morgan fingerprint density at radius 3 is 2.41 bits per heavy atom. The molecule has 1 saturated heterocycles. The summed E-state index contributed by atoms with van der Waals surface area (Å²) in [5.41, 5.74) is 3.77. The molecule has 2 aromatic heterocycles. The fraction of sp³-hybridized carbons (Fsp3) is 0.0800. The first kappa shape index (κ1) is 20.9. The molecular formula is C25H19N3OS3. The molecular weight excluding hydrogens is 454 g/mol. The van der Waals surface area contributed by atoms with Crippen molar-refractivity contribution in [3.05, 3.63) is 100 Å². The monoisotopic (exact) mass is 473 g/mol. The fourth-order valence-electron chi connectivity index (χ4n) is 3.65. The number of amides is 1. The van der Waals surface area contributed by atoms with Crippen LogP contribution in [-0.2, 0) is 4.79 Å². The van der Waals surface area contributed by atoms with E-state index in [4.69, 9.17) is 17.3 Å². The Morgan fingerprint density at radius 1 is 1.00 bits per heavy atom. The molecule has 0 radical (unpaired) electrons. The summed E-state index contributed by atoms with van der Waals surface area (Å²) >= 11 is 8.56. The van der Waals surface area contributed by atoms with Crippen LogP contribution in [-0.4, -0.2) is 24.9 Å². The van der Waals surface area contributed by atoms with Crippen LogP contribution in [0.2, 0.25) is 0 Å². The van der Waals surface area contributed by atoms with Crippen LogP contribution >= 0.6 is 35.3 Å². The second-order valence-corrected chi connectivity index (χ2v) is 9.95. The van der Waals surface area contributed by atoms with E-state index < -0.39 is 0 Å². The number of carbonyl (C=O) groups is 1. The third kappa shape index (κ3) is 3.95. The summed E-state index contributed by atoms with van der Waals surface area (Å²) < 4.78 is 2.43. The Labute approximate surface area is 200 Å². The Bertz CT molecular complexity index is 1290. The normalized spacial score (nSPS) is 16.2. The van der Waals surface area contributed by atoms with Gasteiger partial charge in [0.1, 0.15) is 10.0 Å². The van der Waals surface area contributed by atoms with Crippen molar-refractivity contribution in [3.63, 3.8) is 0 Å².